The van der Waals surface area contributed by atoms with Gasteiger partial charge in [0.25, 0.3) is 0 Å². The average Bonchev–Trinajstić information content (AvgIpc) is 3.68. The van der Waals surface area contributed by atoms with Crippen LogP contribution < -0.4 is 15.0 Å². The Labute approximate surface area is 266 Å². The number of benzene rings is 2. The number of aliphatic carboxylic acids is 1. The number of rotatable bonds is 9. The van der Waals surface area contributed by atoms with E-state index in [1.807, 2.05) is 10.3 Å². The van der Waals surface area contributed by atoms with Crippen molar-refractivity contribution in [1.82, 2.24) is 20.1 Å². The van der Waals surface area contributed by atoms with E-state index in [-0.39, 0.29) is 22.7 Å². The van der Waals surface area contributed by atoms with E-state index in [2.05, 4.69) is 15.2 Å². The second kappa shape index (κ2) is 12.8. The molecule has 2 aromatic carbocycles. The summed E-state index contributed by atoms with van der Waals surface area (Å²) in [5.74, 6) is -1.33. The number of aromatic nitrogens is 1. The monoisotopic (exact) mass is 654 g/mol. The van der Waals surface area contributed by atoms with Crippen molar-refractivity contribution >= 4 is 52.4 Å². The van der Waals surface area contributed by atoms with Gasteiger partial charge in [-0.2, -0.15) is 0 Å². The van der Waals surface area contributed by atoms with Crippen LogP contribution in [0.2, 0.25) is 5.02 Å². The third kappa shape index (κ3) is 6.34. The molecule has 2 atom stereocenters. The van der Waals surface area contributed by atoms with Gasteiger partial charge in [-0.3, -0.25) is 14.8 Å². The number of aliphatic imine (C=N–C) groups is 1. The minimum Gasteiger partial charge on any atom is -0.482 e. The summed E-state index contributed by atoms with van der Waals surface area (Å²) in [6, 6.07) is 9.59. The molecule has 4 heterocycles. The van der Waals surface area contributed by atoms with Crippen molar-refractivity contribution in [3.8, 4) is 5.75 Å². The number of nitrogens with one attached hydrogen (secondary N) is 1. The number of anilines is 1. The number of carbonyl (C=O) groups is 3. The lowest BCUT2D eigenvalue weighted by atomic mass is 9.95. The number of ether oxygens (including phenoxy) is 2. The van der Waals surface area contributed by atoms with Gasteiger partial charge in [-0.1, -0.05) is 17.7 Å². The molecule has 0 saturated carbocycles. The Balaban J connectivity index is 1.24. The van der Waals surface area contributed by atoms with Crippen LogP contribution in [-0.4, -0.2) is 96.2 Å². The molecule has 0 radical (unpaired) electrons. The zero-order valence-electron chi connectivity index (χ0n) is 24.0. The predicted molar refractivity (Wildman–Crippen MR) is 164 cm³/mol. The summed E-state index contributed by atoms with van der Waals surface area (Å²) in [5, 5.41) is 14.7. The number of carboxylic acid groups (broad SMARTS) is 1. The molecule has 6 rings (SSSR count). The predicted octanol–water partition coefficient (Wildman–Crippen LogP) is 3.54. The summed E-state index contributed by atoms with van der Waals surface area (Å²) in [4.78, 5) is 52.2. The highest BCUT2D eigenvalue weighted by atomic mass is 35.5. The van der Waals surface area contributed by atoms with E-state index >= 15 is 0 Å². The molecule has 45 heavy (non-hydrogen) atoms. The van der Waals surface area contributed by atoms with Crippen LogP contribution >= 0.6 is 22.9 Å². The molecule has 2 fully saturated rings. The first-order valence-electron chi connectivity index (χ1n) is 14.0. The minimum absolute atomic E-state index is 0.116. The van der Waals surface area contributed by atoms with Crippen molar-refractivity contribution in [2.45, 2.75) is 12.1 Å². The number of amides is 2. The molecule has 12 nitrogen and oxygen atoms in total. The van der Waals surface area contributed by atoms with Crippen LogP contribution in [0, 0.1) is 5.82 Å². The summed E-state index contributed by atoms with van der Waals surface area (Å²) in [6.07, 6.45) is 1.65. The molecule has 0 spiro atoms. The summed E-state index contributed by atoms with van der Waals surface area (Å²) in [5.41, 5.74) is 1.94. The van der Waals surface area contributed by atoms with Gasteiger partial charge < -0.3 is 24.8 Å². The fourth-order valence-electron chi connectivity index (χ4n) is 5.69. The Hall–Kier alpha value is -4.53. The fourth-order valence-corrected chi connectivity index (χ4v) is 6.55. The van der Waals surface area contributed by atoms with Crippen LogP contribution in [0.4, 0.5) is 14.9 Å². The first-order chi connectivity index (χ1) is 21.7. The Morgan fingerprint density at radius 3 is 2.67 bits per heavy atom. The molecule has 0 aliphatic carbocycles. The third-order valence-electron chi connectivity index (χ3n) is 7.75. The Morgan fingerprint density at radius 2 is 1.98 bits per heavy atom. The Morgan fingerprint density at radius 1 is 1.18 bits per heavy atom. The van der Waals surface area contributed by atoms with Crippen molar-refractivity contribution in [2.75, 3.05) is 51.3 Å². The molecule has 2 saturated heterocycles. The van der Waals surface area contributed by atoms with Gasteiger partial charge in [-0.05, 0) is 36.4 Å². The molecule has 0 bridgehead atoms. The van der Waals surface area contributed by atoms with Gasteiger partial charge >= 0.3 is 18.0 Å². The molecular weight excluding hydrogens is 627 g/mol. The maximum Gasteiger partial charge on any atom is 0.341 e. The molecule has 1 unspecified atom stereocenters. The lowest BCUT2D eigenvalue weighted by Crippen LogP contribution is -2.53. The van der Waals surface area contributed by atoms with Gasteiger partial charge in [0.2, 0.25) is 0 Å². The summed E-state index contributed by atoms with van der Waals surface area (Å²) in [7, 11) is 1.29. The quantitative estimate of drug-likeness (QED) is 0.332. The van der Waals surface area contributed by atoms with Crippen molar-refractivity contribution in [3.63, 3.8) is 0 Å². The molecule has 3 aliphatic rings. The van der Waals surface area contributed by atoms with Gasteiger partial charge in [0, 0.05) is 66.3 Å². The first kappa shape index (κ1) is 30.5. The van der Waals surface area contributed by atoms with Crippen molar-refractivity contribution < 1.29 is 33.4 Å². The number of piperazine rings is 1. The topological polar surface area (TPSA) is 137 Å². The van der Waals surface area contributed by atoms with Crippen LogP contribution in [0.1, 0.15) is 16.6 Å². The summed E-state index contributed by atoms with van der Waals surface area (Å²) >= 11 is 7.84. The van der Waals surface area contributed by atoms with E-state index in [0.717, 1.165) is 0 Å². The zero-order chi connectivity index (χ0) is 31.7. The number of methoxy groups -OCH3 is 1. The van der Waals surface area contributed by atoms with E-state index in [1.54, 1.807) is 35.4 Å². The molecule has 3 aliphatic heterocycles. The van der Waals surface area contributed by atoms with E-state index in [1.165, 1.54) is 36.6 Å². The second-order valence-electron chi connectivity index (χ2n) is 10.5. The highest BCUT2D eigenvalue weighted by molar-refractivity contribution is 7.11. The lowest BCUT2D eigenvalue weighted by molar-refractivity contribution is -0.139. The smallest absolute Gasteiger partial charge is 0.341 e. The molecule has 2 amide bonds. The van der Waals surface area contributed by atoms with Crippen LogP contribution in [-0.2, 0) is 14.3 Å². The van der Waals surface area contributed by atoms with E-state index in [9.17, 15) is 18.8 Å². The zero-order valence-corrected chi connectivity index (χ0v) is 25.6. The number of thiazole rings is 1. The largest absolute Gasteiger partial charge is 0.482 e. The van der Waals surface area contributed by atoms with E-state index in [4.69, 9.17) is 31.2 Å². The second-order valence-corrected chi connectivity index (χ2v) is 11.8. The molecule has 1 aromatic heterocycles. The van der Waals surface area contributed by atoms with Crippen LogP contribution in [0.3, 0.4) is 0 Å². The number of fused-ring (bicyclic) bond motifs is 1. The maximum absolute atomic E-state index is 14.0. The number of amidine groups is 1. The summed E-state index contributed by atoms with van der Waals surface area (Å²) in [6.45, 7) is 1.86. The minimum atomic E-state index is -1.07. The molecular formula is C30H28ClFN6O6S. The van der Waals surface area contributed by atoms with E-state index in [0.29, 0.717) is 66.3 Å². The fraction of sp³-hybridized carbons (Fsp3) is 0.300. The standard InChI is InChI=1S/C30H28ClFN6O6S/c1-43-29(41)25-23(34-27(28-33-8-11-45-28)35-26(25)21-7-2-17(32)12-22(21)31)15-36-9-10-37-19(13-36)14-38(30(37)42)18-3-5-20(6-4-18)44-16-24(39)40/h2-8,11-12,19,26H,9-10,13-16H2,1H3,(H,34,35)(H,39,40)/t19-,26?/m0/s1. The molecule has 3 aromatic rings. The number of nitrogens with zero attached hydrogens (tertiary/aromatic N) is 5. The lowest BCUT2D eigenvalue weighted by Gasteiger charge is -2.38. The average molecular weight is 655 g/mol. The highest BCUT2D eigenvalue weighted by Gasteiger charge is 2.42. The molecule has 2 N–H and O–H groups in total. The molecule has 234 valence electrons. The number of hydrogen-bond acceptors (Lipinski definition) is 10. The van der Waals surface area contributed by atoms with E-state index < -0.39 is 30.4 Å². The number of halogens is 2. The van der Waals surface area contributed by atoms with Crippen molar-refractivity contribution in [3.05, 3.63) is 86.7 Å². The number of carbonyl (C=O) groups excluding carboxylic acids is 2. The van der Waals surface area contributed by atoms with Gasteiger partial charge in [-0.15, -0.1) is 11.3 Å². The van der Waals surface area contributed by atoms with Crippen LogP contribution in [0.5, 0.6) is 5.75 Å². The third-order valence-corrected chi connectivity index (χ3v) is 8.86. The summed E-state index contributed by atoms with van der Waals surface area (Å²) < 4.78 is 24.3. The normalized spacial score (nSPS) is 20.1. The van der Waals surface area contributed by atoms with Crippen molar-refractivity contribution in [2.24, 2.45) is 4.99 Å². The number of carboxylic acids is 1. The van der Waals surface area contributed by atoms with Crippen LogP contribution in [0.25, 0.3) is 0 Å². The number of esters is 1. The Bertz CT molecular complexity index is 1680. The maximum atomic E-state index is 14.0. The molecule has 15 heteroatoms. The van der Waals surface area contributed by atoms with Gasteiger partial charge in [0.05, 0.1) is 18.7 Å². The Kier molecular flexibility index (Phi) is 8.70. The highest BCUT2D eigenvalue weighted by Crippen LogP contribution is 2.37. The van der Waals surface area contributed by atoms with Gasteiger partial charge in [0.1, 0.15) is 17.6 Å². The van der Waals surface area contributed by atoms with Crippen molar-refractivity contribution in [1.29, 1.82) is 0 Å². The van der Waals surface area contributed by atoms with Gasteiger partial charge in [-0.25, -0.2) is 23.8 Å². The number of hydrogen-bond donors (Lipinski definition) is 2. The van der Waals surface area contributed by atoms with Gasteiger partial charge in [0.15, 0.2) is 17.5 Å². The first-order valence-corrected chi connectivity index (χ1v) is 15.2. The number of urea groups is 1. The SMILES string of the molecule is COC(=O)C1=C(CN2CCN3C(=O)N(c4ccc(OCC(=O)O)cc4)C[C@@H]3C2)NC(c2nccs2)=NC1c1ccc(F)cc1Cl. The van der Waals surface area contributed by atoms with Crippen LogP contribution in [0.15, 0.2) is 70.3 Å².